The average molecular weight is 636 g/mol. The summed E-state index contributed by atoms with van der Waals surface area (Å²) in [6.45, 7) is 2.01. The Hall–Kier alpha value is -2.38. The second-order valence-corrected chi connectivity index (χ2v) is 13.4. The summed E-state index contributed by atoms with van der Waals surface area (Å²) < 4.78 is 0. The first-order chi connectivity index (χ1) is 18.8. The molecule has 0 spiro atoms. The summed E-state index contributed by atoms with van der Waals surface area (Å²) in [5.74, 6) is 0. The molecule has 5 aromatic rings. The molecule has 0 aromatic heterocycles. The fourth-order valence-corrected chi connectivity index (χ4v) is 9.57. The third kappa shape index (κ3) is 10.3. The first kappa shape index (κ1) is 31.2. The van der Waals surface area contributed by atoms with E-state index in [1.165, 1.54) is 39.1 Å². The maximum atomic E-state index is 2.30. The average Bonchev–Trinajstić information content (AvgIpc) is 3.01. The molecule has 5 aromatic carbocycles. The molecule has 0 bridgehead atoms. The summed E-state index contributed by atoms with van der Waals surface area (Å²) in [6, 6.07) is 54.5. The molecule has 3 radical (unpaired) electrons. The van der Waals surface area contributed by atoms with E-state index in [2.05, 4.69) is 140 Å². The zero-order valence-corrected chi connectivity index (χ0v) is 25.6. The molecule has 5 rings (SSSR count). The minimum Gasteiger partial charge on any atom is -0.0622 e. The number of rotatable bonds is 10. The van der Waals surface area contributed by atoms with E-state index in [-0.39, 0.29) is 36.3 Å². The van der Waals surface area contributed by atoms with Crippen LogP contribution >= 0.6 is 15.8 Å². The standard InChI is InChI=1S/C26H24P2.C10H11.Pd/c1-5-13-23(14-6-1)27(24-15-7-2-8-16-24)21-22-28(25-17-9-3-10-18-25)26-19-11-4-12-20-26;1-2-3-7-10-8-5-4-6-9-10;/h1-20H,21-22H2;2-9H,1H3;. The van der Waals surface area contributed by atoms with Crippen molar-refractivity contribution < 1.29 is 20.4 Å². The number of hydrogen-bond donors (Lipinski definition) is 0. The molecule has 0 saturated carbocycles. The Balaban J connectivity index is 0.000000324. The molecule has 199 valence electrons. The molecule has 0 aliphatic rings. The van der Waals surface area contributed by atoms with Crippen LogP contribution in [-0.4, -0.2) is 12.3 Å². The topological polar surface area (TPSA) is 0 Å². The van der Waals surface area contributed by atoms with Crippen LogP contribution in [0, 0.1) is 19.3 Å². The second-order valence-electron chi connectivity index (χ2n) is 8.75. The summed E-state index contributed by atoms with van der Waals surface area (Å²) in [6.07, 6.45) is 8.56. The van der Waals surface area contributed by atoms with Crippen molar-refractivity contribution >= 4 is 37.1 Å². The fraction of sp³-hybridized carbons (Fsp3) is 0.0833. The summed E-state index contributed by atoms with van der Waals surface area (Å²) in [5.41, 5.74) is 1.25. The van der Waals surface area contributed by atoms with Crippen molar-refractivity contribution in [2.75, 3.05) is 12.3 Å². The van der Waals surface area contributed by atoms with E-state index in [0.717, 1.165) is 0 Å². The van der Waals surface area contributed by atoms with Gasteiger partial charge in [0, 0.05) is 20.4 Å². The molecule has 0 saturated heterocycles. The molecule has 0 aliphatic carbocycles. The number of hydrogen-bond acceptors (Lipinski definition) is 0. The van der Waals surface area contributed by atoms with Gasteiger partial charge >= 0.3 is 0 Å². The van der Waals surface area contributed by atoms with Crippen molar-refractivity contribution in [3.8, 4) is 0 Å². The van der Waals surface area contributed by atoms with Crippen molar-refractivity contribution in [3.63, 3.8) is 0 Å². The van der Waals surface area contributed by atoms with Crippen LogP contribution in [0.4, 0.5) is 0 Å². The number of benzene rings is 5. The van der Waals surface area contributed by atoms with Crippen LogP contribution in [0.15, 0.2) is 152 Å². The van der Waals surface area contributed by atoms with E-state index in [1.54, 1.807) is 0 Å². The predicted molar refractivity (Wildman–Crippen MR) is 172 cm³/mol. The number of unbranched alkanes of at least 4 members (excludes halogenated alkanes) is 1. The van der Waals surface area contributed by atoms with Gasteiger partial charge in [0.15, 0.2) is 0 Å². The molecular weight excluding hydrogens is 601 g/mol. The molecular formula is C36H35P2Pd. The normalized spacial score (nSPS) is 10.4. The minimum atomic E-state index is -0.348. The van der Waals surface area contributed by atoms with Gasteiger partial charge in [-0.1, -0.05) is 159 Å². The van der Waals surface area contributed by atoms with Crippen LogP contribution in [0.25, 0.3) is 0 Å². The fourth-order valence-electron chi connectivity index (χ4n) is 4.22. The summed E-state index contributed by atoms with van der Waals surface area (Å²) in [4.78, 5) is 0. The van der Waals surface area contributed by atoms with E-state index in [1.807, 2.05) is 38.0 Å². The van der Waals surface area contributed by atoms with E-state index >= 15 is 0 Å². The summed E-state index contributed by atoms with van der Waals surface area (Å²) >= 11 is 0. The van der Waals surface area contributed by atoms with Crippen molar-refractivity contribution in [3.05, 3.63) is 176 Å². The van der Waals surface area contributed by atoms with Gasteiger partial charge in [-0.3, -0.25) is 0 Å². The smallest absolute Gasteiger partial charge is 0 e. The van der Waals surface area contributed by atoms with E-state index in [4.69, 9.17) is 0 Å². The molecule has 0 N–H and O–H groups in total. The van der Waals surface area contributed by atoms with Crippen molar-refractivity contribution in [1.82, 2.24) is 0 Å². The summed E-state index contributed by atoms with van der Waals surface area (Å²) in [5, 5.41) is 5.89. The third-order valence-electron chi connectivity index (χ3n) is 6.10. The Kier molecular flexibility index (Phi) is 14.4. The van der Waals surface area contributed by atoms with Crippen LogP contribution in [-0.2, 0) is 20.4 Å². The zero-order valence-electron chi connectivity index (χ0n) is 22.3. The van der Waals surface area contributed by atoms with Crippen LogP contribution in [0.1, 0.15) is 12.5 Å². The molecule has 0 amide bonds. The maximum Gasteiger partial charge on any atom is 0 e. The van der Waals surface area contributed by atoms with Gasteiger partial charge in [-0.25, -0.2) is 0 Å². The Morgan fingerprint density at radius 2 is 0.718 bits per heavy atom. The monoisotopic (exact) mass is 635 g/mol. The minimum absolute atomic E-state index is 0. The van der Waals surface area contributed by atoms with Crippen LogP contribution in [0.2, 0.25) is 0 Å². The first-order valence-corrected chi connectivity index (χ1v) is 16.2. The van der Waals surface area contributed by atoms with Gasteiger partial charge < -0.3 is 0 Å². The van der Waals surface area contributed by atoms with Gasteiger partial charge in [-0.05, 0) is 74.2 Å². The molecule has 39 heavy (non-hydrogen) atoms. The maximum absolute atomic E-state index is 2.30. The molecule has 0 heterocycles. The van der Waals surface area contributed by atoms with Gasteiger partial charge in [0.2, 0.25) is 0 Å². The Morgan fingerprint density at radius 3 is 1.00 bits per heavy atom. The summed E-state index contributed by atoms with van der Waals surface area (Å²) in [7, 11) is -0.696. The van der Waals surface area contributed by atoms with Crippen molar-refractivity contribution in [1.29, 1.82) is 0 Å². The third-order valence-corrected chi connectivity index (χ3v) is 11.5. The van der Waals surface area contributed by atoms with Gasteiger partial charge in [-0.2, -0.15) is 0 Å². The Morgan fingerprint density at radius 1 is 0.436 bits per heavy atom. The molecule has 0 fully saturated rings. The Bertz CT molecular complexity index is 1120. The van der Waals surface area contributed by atoms with Crippen LogP contribution < -0.4 is 21.2 Å². The second kappa shape index (κ2) is 18.1. The van der Waals surface area contributed by atoms with E-state index < -0.39 is 0 Å². The van der Waals surface area contributed by atoms with Crippen LogP contribution in [0.5, 0.6) is 0 Å². The first-order valence-electron chi connectivity index (χ1n) is 13.1. The largest absolute Gasteiger partial charge is 0.0622 e. The molecule has 3 heteroatoms. The van der Waals surface area contributed by atoms with Gasteiger partial charge in [0.05, 0.1) is 0 Å². The van der Waals surface area contributed by atoms with Gasteiger partial charge in [-0.15, -0.1) is 0 Å². The molecule has 0 atom stereocenters. The Labute approximate surface area is 252 Å². The van der Waals surface area contributed by atoms with Crippen molar-refractivity contribution in [2.24, 2.45) is 0 Å². The zero-order chi connectivity index (χ0) is 26.3. The van der Waals surface area contributed by atoms with E-state index in [9.17, 15) is 0 Å². The van der Waals surface area contributed by atoms with Gasteiger partial charge in [0.1, 0.15) is 0 Å². The predicted octanol–water partition coefficient (Wildman–Crippen LogP) is 7.92. The van der Waals surface area contributed by atoms with Crippen molar-refractivity contribution in [2.45, 2.75) is 6.92 Å². The quantitative estimate of drug-likeness (QED) is 0.108. The molecule has 0 unspecified atom stereocenters. The van der Waals surface area contributed by atoms with E-state index in [0.29, 0.717) is 0 Å². The van der Waals surface area contributed by atoms with Crippen LogP contribution in [0.3, 0.4) is 0 Å². The SMILES string of the molecule is C[CH][CH][CH]c1ccccc1.[Pd].c1ccc(P(CCP(c2ccccc2)c2ccccc2)c2ccccc2)cc1. The molecule has 0 aliphatic heterocycles. The van der Waals surface area contributed by atoms with Gasteiger partial charge in [0.25, 0.3) is 0 Å². The molecule has 0 nitrogen and oxygen atoms in total.